The molecular weight excluding hydrogens is 364 g/mol. The summed E-state index contributed by atoms with van der Waals surface area (Å²) in [7, 11) is 0. The Bertz CT molecular complexity index is 684. The molecule has 1 amide bonds. The number of nitrogens with zero attached hydrogens (tertiary/aromatic N) is 3. The van der Waals surface area contributed by atoms with Gasteiger partial charge in [0.2, 0.25) is 11.0 Å². The Morgan fingerprint density at radius 2 is 1.92 bits per heavy atom. The first-order chi connectivity index (χ1) is 12.7. The van der Waals surface area contributed by atoms with Crippen LogP contribution in [0.4, 0.5) is 5.13 Å². The van der Waals surface area contributed by atoms with Gasteiger partial charge in [0.1, 0.15) is 0 Å². The number of aromatic nitrogens is 2. The zero-order chi connectivity index (χ0) is 18.2. The Morgan fingerprint density at radius 1 is 1.19 bits per heavy atom. The molecule has 0 radical (unpaired) electrons. The van der Waals surface area contributed by atoms with E-state index in [0.29, 0.717) is 0 Å². The van der Waals surface area contributed by atoms with Gasteiger partial charge in [-0.25, -0.2) is 0 Å². The molecule has 5 nitrogen and oxygen atoms in total. The van der Waals surface area contributed by atoms with Crippen LogP contribution < -0.4 is 5.32 Å². The van der Waals surface area contributed by atoms with E-state index in [2.05, 4.69) is 39.8 Å². The second kappa shape index (κ2) is 9.92. The van der Waals surface area contributed by atoms with Crippen molar-refractivity contribution in [3.8, 4) is 0 Å². The highest BCUT2D eigenvalue weighted by Crippen LogP contribution is 2.30. The molecule has 1 aromatic carbocycles. The van der Waals surface area contributed by atoms with E-state index in [1.807, 2.05) is 17.9 Å². The third-order valence-corrected chi connectivity index (χ3v) is 6.54. The minimum Gasteiger partial charge on any atom is -0.360 e. The number of likely N-dealkylation sites (tertiary alicyclic amines) is 1. The van der Waals surface area contributed by atoms with Gasteiger partial charge in [0.15, 0.2) is 4.34 Å². The van der Waals surface area contributed by atoms with E-state index in [9.17, 15) is 4.79 Å². The van der Waals surface area contributed by atoms with Gasteiger partial charge in [-0.05, 0) is 31.7 Å². The van der Waals surface area contributed by atoms with Crippen LogP contribution in [0.1, 0.15) is 38.2 Å². The molecule has 0 aliphatic carbocycles. The molecule has 2 heterocycles. The second-order valence-corrected chi connectivity index (χ2v) is 9.10. The van der Waals surface area contributed by atoms with Crippen molar-refractivity contribution < 1.29 is 4.79 Å². The first kappa shape index (κ1) is 19.2. The minimum atomic E-state index is -0.113. The van der Waals surface area contributed by atoms with Gasteiger partial charge in [0.25, 0.3) is 0 Å². The van der Waals surface area contributed by atoms with Gasteiger partial charge >= 0.3 is 0 Å². The van der Waals surface area contributed by atoms with Crippen LogP contribution in [0.3, 0.4) is 0 Å². The first-order valence-electron chi connectivity index (χ1n) is 9.29. The highest BCUT2D eigenvalue weighted by atomic mass is 32.2. The quantitative estimate of drug-likeness (QED) is 0.722. The van der Waals surface area contributed by atoms with Crippen molar-refractivity contribution in [2.24, 2.45) is 0 Å². The van der Waals surface area contributed by atoms with Crippen LogP contribution in [0.5, 0.6) is 0 Å². The van der Waals surface area contributed by atoms with Crippen LogP contribution in [0.2, 0.25) is 0 Å². The normalized spacial score (nSPS) is 16.1. The Kier molecular flexibility index (Phi) is 7.32. The molecule has 7 heteroatoms. The summed E-state index contributed by atoms with van der Waals surface area (Å²) in [5.41, 5.74) is 1.30. The van der Waals surface area contributed by atoms with Crippen molar-refractivity contribution in [2.75, 3.05) is 25.0 Å². The van der Waals surface area contributed by atoms with E-state index in [1.54, 1.807) is 0 Å². The summed E-state index contributed by atoms with van der Waals surface area (Å²) >= 11 is 3.04. The second-order valence-electron chi connectivity index (χ2n) is 6.54. The van der Waals surface area contributed by atoms with Crippen LogP contribution in [-0.2, 0) is 11.2 Å². The molecule has 0 saturated carbocycles. The standard InChI is InChI=1S/C19H26N4OS2/c1-15(17(24)23-13-7-2-3-8-14-23)25-19-22-21-18(26-19)20-12-11-16-9-5-4-6-10-16/h4-6,9-10,15H,2-3,7-8,11-14H2,1H3,(H,20,21)/t15-/m0/s1. The van der Waals surface area contributed by atoms with Crippen molar-refractivity contribution in [3.05, 3.63) is 35.9 Å². The number of amides is 1. The number of carbonyl (C=O) groups is 1. The molecule has 1 aromatic heterocycles. The number of anilines is 1. The molecule has 26 heavy (non-hydrogen) atoms. The van der Waals surface area contributed by atoms with Gasteiger partial charge in [-0.3, -0.25) is 4.79 Å². The average Bonchev–Trinajstić information content (AvgIpc) is 2.93. The third-order valence-electron chi connectivity index (χ3n) is 4.48. The fraction of sp³-hybridized carbons (Fsp3) is 0.526. The highest BCUT2D eigenvalue weighted by molar-refractivity contribution is 8.02. The summed E-state index contributed by atoms with van der Waals surface area (Å²) < 4.78 is 0.850. The lowest BCUT2D eigenvalue weighted by atomic mass is 10.2. The molecule has 0 bridgehead atoms. The molecule has 1 saturated heterocycles. The smallest absolute Gasteiger partial charge is 0.235 e. The lowest BCUT2D eigenvalue weighted by Crippen LogP contribution is -2.37. The Labute approximate surface area is 163 Å². The van der Waals surface area contributed by atoms with E-state index in [4.69, 9.17) is 0 Å². The summed E-state index contributed by atoms with van der Waals surface area (Å²) in [6.45, 7) is 4.59. The van der Waals surface area contributed by atoms with Crippen LogP contribution in [0, 0.1) is 0 Å². The van der Waals surface area contributed by atoms with Crippen LogP contribution >= 0.6 is 23.1 Å². The molecule has 140 valence electrons. The largest absolute Gasteiger partial charge is 0.360 e. The molecule has 1 aliphatic rings. The summed E-state index contributed by atoms with van der Waals surface area (Å²) in [5.74, 6) is 0.227. The molecule has 2 aromatic rings. The number of hydrogen-bond acceptors (Lipinski definition) is 6. The predicted octanol–water partition coefficient (Wildman–Crippen LogP) is 4.08. The molecule has 1 fully saturated rings. The number of benzene rings is 1. The van der Waals surface area contributed by atoms with E-state index in [0.717, 1.165) is 48.4 Å². The van der Waals surface area contributed by atoms with Crippen LogP contribution in [0.15, 0.2) is 34.7 Å². The Balaban J connectivity index is 1.45. The monoisotopic (exact) mass is 390 g/mol. The third kappa shape index (κ3) is 5.71. The minimum absolute atomic E-state index is 0.113. The summed E-state index contributed by atoms with van der Waals surface area (Å²) in [5, 5.41) is 12.5. The van der Waals surface area contributed by atoms with E-state index in [1.165, 1.54) is 41.5 Å². The Hall–Kier alpha value is -1.60. The number of thioether (sulfide) groups is 1. The summed E-state index contributed by atoms with van der Waals surface area (Å²) in [4.78, 5) is 14.7. The predicted molar refractivity (Wildman–Crippen MR) is 109 cm³/mol. The molecular formula is C19H26N4OS2. The van der Waals surface area contributed by atoms with Crippen molar-refractivity contribution in [2.45, 2.75) is 48.6 Å². The van der Waals surface area contributed by atoms with Gasteiger partial charge < -0.3 is 10.2 Å². The molecule has 3 rings (SSSR count). The molecule has 1 atom stereocenters. The number of carbonyl (C=O) groups excluding carboxylic acids is 1. The van der Waals surface area contributed by atoms with Crippen molar-refractivity contribution in [3.63, 3.8) is 0 Å². The summed E-state index contributed by atoms with van der Waals surface area (Å²) in [6.07, 6.45) is 5.67. The maximum Gasteiger partial charge on any atom is 0.235 e. The fourth-order valence-electron chi connectivity index (χ4n) is 3.04. The van der Waals surface area contributed by atoms with E-state index < -0.39 is 0 Å². The van der Waals surface area contributed by atoms with Gasteiger partial charge in [-0.1, -0.05) is 66.3 Å². The van der Waals surface area contributed by atoms with Gasteiger partial charge in [-0.2, -0.15) is 0 Å². The van der Waals surface area contributed by atoms with E-state index in [-0.39, 0.29) is 11.2 Å². The van der Waals surface area contributed by atoms with Gasteiger partial charge in [-0.15, -0.1) is 10.2 Å². The SMILES string of the molecule is C[C@H](Sc1nnc(NCCc2ccccc2)s1)C(=O)N1CCCCCC1. The number of rotatable bonds is 7. The van der Waals surface area contributed by atoms with Gasteiger partial charge in [0.05, 0.1) is 5.25 Å². The van der Waals surface area contributed by atoms with Crippen LogP contribution in [-0.4, -0.2) is 45.9 Å². The first-order valence-corrected chi connectivity index (χ1v) is 11.0. The Morgan fingerprint density at radius 3 is 2.65 bits per heavy atom. The fourth-order valence-corrected chi connectivity index (χ4v) is 5.04. The van der Waals surface area contributed by atoms with Crippen molar-refractivity contribution in [1.82, 2.24) is 15.1 Å². The van der Waals surface area contributed by atoms with Crippen molar-refractivity contribution in [1.29, 1.82) is 0 Å². The molecule has 1 aliphatic heterocycles. The zero-order valence-corrected chi connectivity index (χ0v) is 16.8. The van der Waals surface area contributed by atoms with Crippen LogP contribution in [0.25, 0.3) is 0 Å². The topological polar surface area (TPSA) is 58.1 Å². The van der Waals surface area contributed by atoms with Gasteiger partial charge in [0, 0.05) is 19.6 Å². The maximum absolute atomic E-state index is 12.6. The van der Waals surface area contributed by atoms with Crippen molar-refractivity contribution >= 4 is 34.1 Å². The maximum atomic E-state index is 12.6. The molecule has 1 N–H and O–H groups in total. The van der Waals surface area contributed by atoms with E-state index >= 15 is 0 Å². The highest BCUT2D eigenvalue weighted by Gasteiger charge is 2.23. The molecule has 0 spiro atoms. The summed E-state index contributed by atoms with van der Waals surface area (Å²) in [6, 6.07) is 10.4. The number of hydrogen-bond donors (Lipinski definition) is 1. The zero-order valence-electron chi connectivity index (χ0n) is 15.2. The number of nitrogens with one attached hydrogen (secondary N) is 1. The lowest BCUT2D eigenvalue weighted by molar-refractivity contribution is -0.130. The average molecular weight is 391 g/mol. The molecule has 0 unspecified atom stereocenters. The lowest BCUT2D eigenvalue weighted by Gasteiger charge is -2.23.